The quantitative estimate of drug-likeness (QED) is 0.897. The lowest BCUT2D eigenvalue weighted by molar-refractivity contribution is 0.947. The number of benzene rings is 1. The highest BCUT2D eigenvalue weighted by atomic mass is 35.5. The standard InChI is InChI=1S/C14H15Cl2N3/c1-3-6-17-14-18-9(2)7-13(19-14)11-5-4-10(15)8-12(11)16/h4-5,7-8H,3,6H2,1-2H3,(H,17,18,19). The molecule has 0 aliphatic rings. The summed E-state index contributed by atoms with van der Waals surface area (Å²) in [6.45, 7) is 4.88. The van der Waals surface area contributed by atoms with Crippen molar-refractivity contribution < 1.29 is 0 Å². The number of nitrogens with one attached hydrogen (secondary N) is 1. The Morgan fingerprint density at radius 1 is 1.16 bits per heavy atom. The van der Waals surface area contributed by atoms with Crippen molar-refractivity contribution in [1.82, 2.24) is 9.97 Å². The number of nitrogens with zero attached hydrogens (tertiary/aromatic N) is 2. The summed E-state index contributed by atoms with van der Waals surface area (Å²) in [5, 5.41) is 4.39. The molecular weight excluding hydrogens is 281 g/mol. The van der Waals surface area contributed by atoms with E-state index in [2.05, 4.69) is 22.2 Å². The Morgan fingerprint density at radius 2 is 1.95 bits per heavy atom. The normalized spacial score (nSPS) is 10.5. The number of aromatic nitrogens is 2. The Kier molecular flexibility index (Phi) is 4.61. The highest BCUT2D eigenvalue weighted by Crippen LogP contribution is 2.29. The highest BCUT2D eigenvalue weighted by Gasteiger charge is 2.08. The van der Waals surface area contributed by atoms with Crippen molar-refractivity contribution in [1.29, 1.82) is 0 Å². The molecule has 1 N–H and O–H groups in total. The lowest BCUT2D eigenvalue weighted by Gasteiger charge is -2.09. The molecule has 0 radical (unpaired) electrons. The summed E-state index contributed by atoms with van der Waals surface area (Å²) in [6.07, 6.45) is 1.02. The Morgan fingerprint density at radius 3 is 2.63 bits per heavy atom. The van der Waals surface area contributed by atoms with E-state index in [0.29, 0.717) is 16.0 Å². The molecule has 1 aromatic heterocycles. The second kappa shape index (κ2) is 6.22. The molecule has 0 aliphatic heterocycles. The SMILES string of the molecule is CCCNc1nc(C)cc(-c2ccc(Cl)cc2Cl)n1. The first kappa shape index (κ1) is 14.1. The van der Waals surface area contributed by atoms with Gasteiger partial charge < -0.3 is 5.32 Å². The molecule has 0 spiro atoms. The lowest BCUT2D eigenvalue weighted by Crippen LogP contribution is -2.05. The minimum absolute atomic E-state index is 0.590. The van der Waals surface area contributed by atoms with Crippen LogP contribution >= 0.6 is 23.2 Å². The van der Waals surface area contributed by atoms with Crippen LogP contribution in [-0.4, -0.2) is 16.5 Å². The first-order chi connectivity index (χ1) is 9.10. The Labute approximate surface area is 123 Å². The number of anilines is 1. The third kappa shape index (κ3) is 3.58. The summed E-state index contributed by atoms with van der Waals surface area (Å²) in [5.74, 6) is 0.628. The number of aryl methyl sites for hydroxylation is 1. The second-order valence-corrected chi connectivity index (χ2v) is 5.11. The molecule has 0 saturated carbocycles. The van der Waals surface area contributed by atoms with Crippen LogP contribution in [0.3, 0.4) is 0 Å². The minimum Gasteiger partial charge on any atom is -0.354 e. The number of hydrogen-bond donors (Lipinski definition) is 1. The van der Waals surface area contributed by atoms with Gasteiger partial charge in [-0.2, -0.15) is 0 Å². The first-order valence-electron chi connectivity index (χ1n) is 6.15. The highest BCUT2D eigenvalue weighted by molar-refractivity contribution is 6.36. The molecule has 19 heavy (non-hydrogen) atoms. The molecule has 1 aromatic carbocycles. The van der Waals surface area contributed by atoms with Crippen LogP contribution in [0.5, 0.6) is 0 Å². The summed E-state index contributed by atoms with van der Waals surface area (Å²) in [6, 6.07) is 7.30. The third-order valence-electron chi connectivity index (χ3n) is 2.59. The van der Waals surface area contributed by atoms with Gasteiger partial charge in [-0.3, -0.25) is 0 Å². The van der Waals surface area contributed by atoms with E-state index in [1.165, 1.54) is 0 Å². The van der Waals surface area contributed by atoms with Gasteiger partial charge in [0.2, 0.25) is 5.95 Å². The van der Waals surface area contributed by atoms with Crippen LogP contribution in [0, 0.1) is 6.92 Å². The molecule has 5 heteroatoms. The van der Waals surface area contributed by atoms with Gasteiger partial charge in [-0.1, -0.05) is 30.1 Å². The zero-order chi connectivity index (χ0) is 13.8. The molecule has 0 fully saturated rings. The van der Waals surface area contributed by atoms with E-state index >= 15 is 0 Å². The molecule has 0 saturated heterocycles. The molecule has 100 valence electrons. The summed E-state index contributed by atoms with van der Waals surface area (Å²) in [7, 11) is 0. The van der Waals surface area contributed by atoms with Crippen molar-refractivity contribution in [2.24, 2.45) is 0 Å². The number of halogens is 2. The molecule has 1 heterocycles. The van der Waals surface area contributed by atoms with Crippen molar-refractivity contribution in [3.8, 4) is 11.3 Å². The third-order valence-corrected chi connectivity index (χ3v) is 3.14. The number of hydrogen-bond acceptors (Lipinski definition) is 3. The van der Waals surface area contributed by atoms with Crippen LogP contribution in [0.4, 0.5) is 5.95 Å². The van der Waals surface area contributed by atoms with Gasteiger partial charge in [0.05, 0.1) is 10.7 Å². The van der Waals surface area contributed by atoms with Gasteiger partial charge >= 0.3 is 0 Å². The molecule has 0 aliphatic carbocycles. The topological polar surface area (TPSA) is 37.8 Å². The van der Waals surface area contributed by atoms with Gasteiger partial charge in [0.1, 0.15) is 0 Å². The first-order valence-corrected chi connectivity index (χ1v) is 6.90. The van der Waals surface area contributed by atoms with Crippen LogP contribution in [-0.2, 0) is 0 Å². The van der Waals surface area contributed by atoms with Gasteiger partial charge in [0.15, 0.2) is 0 Å². The van der Waals surface area contributed by atoms with Crippen LogP contribution in [0.2, 0.25) is 10.0 Å². The molecule has 2 aromatic rings. The van der Waals surface area contributed by atoms with E-state index in [-0.39, 0.29) is 0 Å². The predicted molar refractivity (Wildman–Crippen MR) is 81.0 cm³/mol. The Balaban J connectivity index is 2.41. The monoisotopic (exact) mass is 295 g/mol. The van der Waals surface area contributed by atoms with E-state index in [4.69, 9.17) is 23.2 Å². The molecule has 0 bridgehead atoms. The molecule has 0 unspecified atom stereocenters. The van der Waals surface area contributed by atoms with E-state index < -0.39 is 0 Å². The largest absolute Gasteiger partial charge is 0.354 e. The average molecular weight is 296 g/mol. The van der Waals surface area contributed by atoms with Gasteiger partial charge in [-0.15, -0.1) is 0 Å². The van der Waals surface area contributed by atoms with Crippen molar-refractivity contribution in [3.05, 3.63) is 40.0 Å². The predicted octanol–water partition coefficient (Wildman–Crippen LogP) is 4.58. The van der Waals surface area contributed by atoms with Crippen LogP contribution in [0.25, 0.3) is 11.3 Å². The maximum Gasteiger partial charge on any atom is 0.223 e. The van der Waals surface area contributed by atoms with Gasteiger partial charge in [0, 0.05) is 22.8 Å². The minimum atomic E-state index is 0.590. The second-order valence-electron chi connectivity index (χ2n) is 4.27. The average Bonchev–Trinajstić information content (AvgIpc) is 2.35. The van der Waals surface area contributed by atoms with E-state index in [0.717, 1.165) is 29.9 Å². The molecule has 3 nitrogen and oxygen atoms in total. The maximum absolute atomic E-state index is 6.21. The van der Waals surface area contributed by atoms with Crippen LogP contribution in [0.15, 0.2) is 24.3 Å². The Bertz CT molecular complexity index is 585. The van der Waals surface area contributed by atoms with E-state index in [9.17, 15) is 0 Å². The maximum atomic E-state index is 6.21. The fourth-order valence-corrected chi connectivity index (χ4v) is 2.22. The molecule has 2 rings (SSSR count). The fourth-order valence-electron chi connectivity index (χ4n) is 1.72. The molecule has 0 atom stereocenters. The van der Waals surface area contributed by atoms with E-state index in [1.807, 2.05) is 19.1 Å². The van der Waals surface area contributed by atoms with Crippen molar-refractivity contribution >= 4 is 29.2 Å². The van der Waals surface area contributed by atoms with Gasteiger partial charge in [0.25, 0.3) is 0 Å². The summed E-state index contributed by atoms with van der Waals surface area (Å²) in [4.78, 5) is 8.83. The van der Waals surface area contributed by atoms with Crippen LogP contribution < -0.4 is 5.32 Å². The van der Waals surface area contributed by atoms with Gasteiger partial charge in [-0.05, 0) is 37.6 Å². The van der Waals surface area contributed by atoms with Gasteiger partial charge in [-0.25, -0.2) is 9.97 Å². The zero-order valence-corrected chi connectivity index (χ0v) is 12.4. The van der Waals surface area contributed by atoms with E-state index in [1.54, 1.807) is 12.1 Å². The Hall–Kier alpha value is -1.32. The molecular formula is C14H15Cl2N3. The number of rotatable bonds is 4. The fraction of sp³-hybridized carbons (Fsp3) is 0.286. The summed E-state index contributed by atoms with van der Waals surface area (Å²) < 4.78 is 0. The lowest BCUT2D eigenvalue weighted by atomic mass is 10.1. The van der Waals surface area contributed by atoms with Crippen molar-refractivity contribution in [2.75, 3.05) is 11.9 Å². The van der Waals surface area contributed by atoms with Crippen molar-refractivity contribution in [2.45, 2.75) is 20.3 Å². The smallest absolute Gasteiger partial charge is 0.223 e. The summed E-state index contributed by atoms with van der Waals surface area (Å²) >= 11 is 12.1. The zero-order valence-electron chi connectivity index (χ0n) is 10.9. The van der Waals surface area contributed by atoms with Crippen LogP contribution in [0.1, 0.15) is 19.0 Å². The molecule has 0 amide bonds. The van der Waals surface area contributed by atoms with Crippen molar-refractivity contribution in [3.63, 3.8) is 0 Å². The summed E-state index contributed by atoms with van der Waals surface area (Å²) in [5.41, 5.74) is 2.55.